The van der Waals surface area contributed by atoms with Crippen LogP contribution in [0.5, 0.6) is 5.75 Å². The predicted molar refractivity (Wildman–Crippen MR) is 133 cm³/mol. The van der Waals surface area contributed by atoms with Crippen molar-refractivity contribution in [3.8, 4) is 5.75 Å². The molecule has 2 fully saturated rings. The fourth-order valence-corrected chi connectivity index (χ4v) is 4.16. The van der Waals surface area contributed by atoms with E-state index in [1.54, 1.807) is 26.2 Å². The third kappa shape index (κ3) is 6.69. The number of morpholine rings is 1. The molecule has 0 aromatic heterocycles. The first-order chi connectivity index (χ1) is 17.4. The molecule has 4 unspecified atom stereocenters. The highest BCUT2D eigenvalue weighted by Gasteiger charge is 2.50. The highest BCUT2D eigenvalue weighted by atomic mass is 16.6. The van der Waals surface area contributed by atoms with Crippen LogP contribution in [0.1, 0.15) is 18.1 Å². The number of amides is 2. The number of Topliss-reactive ketones (excluding diaryl/α,β-unsaturated/α-hetero) is 1. The minimum atomic E-state index is -0.898. The Morgan fingerprint density at radius 1 is 1.03 bits per heavy atom. The van der Waals surface area contributed by atoms with Crippen LogP contribution < -0.4 is 20.7 Å². The fraction of sp³-hybridized carbons (Fsp3) is 0.444. The minimum Gasteiger partial charge on any atom is -0.497 e. The Morgan fingerprint density at radius 2 is 1.69 bits per heavy atom. The van der Waals surface area contributed by atoms with Crippen LogP contribution in [0.2, 0.25) is 0 Å². The Kier molecular flexibility index (Phi) is 8.35. The van der Waals surface area contributed by atoms with Crippen LogP contribution in [0.4, 0.5) is 0 Å². The SMILES string of the molecule is COc1ccc(CC(NC(=O)C2COCCN2)C(=O)NC(Cc2ccccc2)C(=O)C2(C)CO2)cc1. The minimum absolute atomic E-state index is 0.184. The van der Waals surface area contributed by atoms with Gasteiger partial charge < -0.3 is 30.2 Å². The van der Waals surface area contributed by atoms with Crippen molar-refractivity contribution in [1.82, 2.24) is 16.0 Å². The van der Waals surface area contributed by atoms with E-state index in [1.807, 2.05) is 42.5 Å². The van der Waals surface area contributed by atoms with E-state index in [4.69, 9.17) is 14.2 Å². The zero-order valence-corrected chi connectivity index (χ0v) is 20.6. The lowest BCUT2D eigenvalue weighted by Gasteiger charge is -2.27. The average Bonchev–Trinajstić information content (AvgIpc) is 3.67. The number of rotatable bonds is 11. The molecule has 2 aromatic rings. The van der Waals surface area contributed by atoms with Crippen LogP contribution in [0.15, 0.2) is 54.6 Å². The summed E-state index contributed by atoms with van der Waals surface area (Å²) >= 11 is 0. The van der Waals surface area contributed by atoms with Crippen molar-refractivity contribution >= 4 is 17.6 Å². The number of methoxy groups -OCH3 is 1. The van der Waals surface area contributed by atoms with E-state index in [1.165, 1.54) is 0 Å². The Labute approximate surface area is 210 Å². The lowest BCUT2D eigenvalue weighted by molar-refractivity contribution is -0.134. The summed E-state index contributed by atoms with van der Waals surface area (Å²) in [4.78, 5) is 39.7. The van der Waals surface area contributed by atoms with Crippen molar-refractivity contribution < 1.29 is 28.6 Å². The third-order valence-corrected chi connectivity index (χ3v) is 6.48. The van der Waals surface area contributed by atoms with Crippen LogP contribution in [-0.2, 0) is 36.7 Å². The molecule has 2 amide bonds. The van der Waals surface area contributed by atoms with Crippen molar-refractivity contribution in [2.45, 2.75) is 43.5 Å². The molecule has 9 heteroatoms. The Hall–Kier alpha value is -3.27. The average molecular weight is 496 g/mol. The number of hydrogen-bond acceptors (Lipinski definition) is 7. The molecule has 4 atom stereocenters. The van der Waals surface area contributed by atoms with E-state index in [-0.39, 0.29) is 24.7 Å². The molecule has 0 saturated carbocycles. The van der Waals surface area contributed by atoms with E-state index in [9.17, 15) is 14.4 Å². The molecule has 0 aliphatic carbocycles. The maximum atomic E-state index is 13.5. The molecule has 2 aliphatic rings. The molecular weight excluding hydrogens is 462 g/mol. The predicted octanol–water partition coefficient (Wildman–Crippen LogP) is 0.796. The smallest absolute Gasteiger partial charge is 0.243 e. The maximum Gasteiger partial charge on any atom is 0.243 e. The van der Waals surface area contributed by atoms with Gasteiger partial charge in [0.25, 0.3) is 0 Å². The quantitative estimate of drug-likeness (QED) is 0.395. The van der Waals surface area contributed by atoms with Crippen LogP contribution in [-0.4, -0.2) is 74.8 Å². The van der Waals surface area contributed by atoms with Gasteiger partial charge in [-0.2, -0.15) is 0 Å². The zero-order chi connectivity index (χ0) is 25.5. The van der Waals surface area contributed by atoms with Gasteiger partial charge in [-0.1, -0.05) is 42.5 Å². The highest BCUT2D eigenvalue weighted by molar-refractivity contribution is 5.98. The summed E-state index contributed by atoms with van der Waals surface area (Å²) < 4.78 is 16.0. The number of carbonyl (C=O) groups excluding carboxylic acids is 3. The molecule has 2 aromatic carbocycles. The van der Waals surface area contributed by atoms with Gasteiger partial charge in [0, 0.05) is 13.0 Å². The lowest BCUT2D eigenvalue weighted by atomic mass is 9.94. The summed E-state index contributed by atoms with van der Waals surface area (Å²) in [5, 5.41) is 8.87. The van der Waals surface area contributed by atoms with Crippen LogP contribution in [0, 0.1) is 0 Å². The van der Waals surface area contributed by atoms with Crippen molar-refractivity contribution in [2.75, 3.05) is 33.5 Å². The second-order valence-electron chi connectivity index (χ2n) is 9.33. The topological polar surface area (TPSA) is 118 Å². The molecule has 9 nitrogen and oxygen atoms in total. The van der Waals surface area contributed by atoms with E-state index in [0.29, 0.717) is 31.9 Å². The monoisotopic (exact) mass is 495 g/mol. The van der Waals surface area contributed by atoms with Gasteiger partial charge in [-0.3, -0.25) is 14.4 Å². The maximum absolute atomic E-state index is 13.5. The second-order valence-corrected chi connectivity index (χ2v) is 9.33. The molecule has 0 spiro atoms. The van der Waals surface area contributed by atoms with Crippen molar-refractivity contribution in [2.24, 2.45) is 0 Å². The molecule has 36 heavy (non-hydrogen) atoms. The van der Waals surface area contributed by atoms with E-state index in [0.717, 1.165) is 11.1 Å². The first kappa shape index (κ1) is 25.8. The van der Waals surface area contributed by atoms with Gasteiger partial charge in [0.2, 0.25) is 11.8 Å². The number of ketones is 1. The molecule has 2 heterocycles. The van der Waals surface area contributed by atoms with Crippen molar-refractivity contribution in [3.63, 3.8) is 0 Å². The molecular formula is C27H33N3O6. The summed E-state index contributed by atoms with van der Waals surface area (Å²) in [6, 6.07) is 14.6. The van der Waals surface area contributed by atoms with Gasteiger partial charge in [-0.05, 0) is 36.6 Å². The Morgan fingerprint density at radius 3 is 2.31 bits per heavy atom. The summed E-state index contributed by atoms with van der Waals surface area (Å²) in [6.07, 6.45) is 0.570. The highest BCUT2D eigenvalue weighted by Crippen LogP contribution is 2.29. The standard InChI is InChI=1S/C27H33N3O6/c1-27(17-36-27)24(31)21(14-18-6-4-3-5-7-18)29-25(32)22(15-19-8-10-20(34-2)11-9-19)30-26(33)23-16-35-13-12-28-23/h3-11,21-23,28H,12-17H2,1-2H3,(H,29,32)(H,30,33). The molecule has 2 aliphatic heterocycles. The van der Waals surface area contributed by atoms with E-state index < -0.39 is 29.6 Å². The number of nitrogens with one attached hydrogen (secondary N) is 3. The Bertz CT molecular complexity index is 1050. The first-order valence-corrected chi connectivity index (χ1v) is 12.1. The fourth-order valence-electron chi connectivity index (χ4n) is 4.16. The second kappa shape index (κ2) is 11.6. The van der Waals surface area contributed by atoms with Gasteiger partial charge in [-0.15, -0.1) is 0 Å². The van der Waals surface area contributed by atoms with Crippen LogP contribution >= 0.6 is 0 Å². The summed E-state index contributed by atoms with van der Waals surface area (Å²) in [6.45, 7) is 3.37. The molecule has 2 saturated heterocycles. The molecule has 192 valence electrons. The van der Waals surface area contributed by atoms with Gasteiger partial charge in [0.15, 0.2) is 5.78 Å². The first-order valence-electron chi connectivity index (χ1n) is 12.1. The number of benzene rings is 2. The van der Waals surface area contributed by atoms with Gasteiger partial charge >= 0.3 is 0 Å². The van der Waals surface area contributed by atoms with Gasteiger partial charge in [-0.25, -0.2) is 0 Å². The van der Waals surface area contributed by atoms with E-state index >= 15 is 0 Å². The zero-order valence-electron chi connectivity index (χ0n) is 20.6. The van der Waals surface area contributed by atoms with Crippen LogP contribution in [0.25, 0.3) is 0 Å². The largest absolute Gasteiger partial charge is 0.497 e. The third-order valence-electron chi connectivity index (χ3n) is 6.48. The number of ether oxygens (including phenoxy) is 3. The molecule has 4 rings (SSSR count). The van der Waals surface area contributed by atoms with Crippen molar-refractivity contribution in [1.29, 1.82) is 0 Å². The number of hydrogen-bond donors (Lipinski definition) is 3. The number of epoxide rings is 1. The Balaban J connectivity index is 1.52. The number of carbonyl (C=O) groups is 3. The molecule has 3 N–H and O–H groups in total. The van der Waals surface area contributed by atoms with Crippen molar-refractivity contribution in [3.05, 3.63) is 65.7 Å². The summed E-state index contributed by atoms with van der Waals surface area (Å²) in [7, 11) is 1.58. The molecule has 0 radical (unpaired) electrons. The normalized spacial score (nSPS) is 22.7. The summed E-state index contributed by atoms with van der Waals surface area (Å²) in [5.41, 5.74) is 0.859. The lowest BCUT2D eigenvalue weighted by Crippen LogP contribution is -2.58. The van der Waals surface area contributed by atoms with E-state index in [2.05, 4.69) is 16.0 Å². The summed E-state index contributed by atoms with van der Waals surface area (Å²) in [5.74, 6) is -0.253. The molecule has 0 bridgehead atoms. The van der Waals surface area contributed by atoms with Gasteiger partial charge in [0.1, 0.15) is 23.4 Å². The van der Waals surface area contributed by atoms with Crippen LogP contribution in [0.3, 0.4) is 0 Å². The van der Waals surface area contributed by atoms with Gasteiger partial charge in [0.05, 0.1) is 33.0 Å².